The largest absolute Gasteiger partial charge is 0.494 e. The molecule has 6 heteroatoms. The minimum Gasteiger partial charge on any atom is -0.494 e. The van der Waals surface area contributed by atoms with Gasteiger partial charge in [0, 0.05) is 23.4 Å². The summed E-state index contributed by atoms with van der Waals surface area (Å²) in [5, 5.41) is 2.68. The van der Waals surface area contributed by atoms with Crippen molar-refractivity contribution in [2.45, 2.75) is 52.6 Å². The lowest BCUT2D eigenvalue weighted by molar-refractivity contribution is 0.0636. The highest BCUT2D eigenvalue weighted by Gasteiger charge is 2.22. The van der Waals surface area contributed by atoms with Gasteiger partial charge in [0.25, 0.3) is 0 Å². The van der Waals surface area contributed by atoms with E-state index in [0.29, 0.717) is 17.1 Å². The van der Waals surface area contributed by atoms with Crippen LogP contribution in [0.4, 0.5) is 16.2 Å². The Bertz CT molecular complexity index is 796. The maximum Gasteiger partial charge on any atom is 0.412 e. The average Bonchev–Trinajstić information content (AvgIpc) is 2.96. The van der Waals surface area contributed by atoms with Crippen molar-refractivity contribution in [3.63, 3.8) is 0 Å². The fourth-order valence-electron chi connectivity index (χ4n) is 2.66. The molecule has 0 saturated carbocycles. The molecule has 1 aromatic carbocycles. The second-order valence-electron chi connectivity index (χ2n) is 8.25. The van der Waals surface area contributed by atoms with E-state index in [-0.39, 0.29) is 5.41 Å². The molecule has 2 rings (SSSR count). The lowest BCUT2D eigenvalue weighted by Crippen LogP contribution is -2.27. The zero-order valence-corrected chi connectivity index (χ0v) is 16.6. The third-order valence-electron chi connectivity index (χ3n) is 3.76. The number of nitrogens with one attached hydrogen (secondary N) is 1. The summed E-state index contributed by atoms with van der Waals surface area (Å²) in [6, 6.07) is 7.56. The van der Waals surface area contributed by atoms with Gasteiger partial charge in [-0.05, 0) is 39.0 Å². The molecule has 6 nitrogen and oxygen atoms in total. The van der Waals surface area contributed by atoms with Gasteiger partial charge in [0.2, 0.25) is 0 Å². The van der Waals surface area contributed by atoms with Crippen LogP contribution in [-0.2, 0) is 10.2 Å². The van der Waals surface area contributed by atoms with Crippen molar-refractivity contribution in [1.82, 2.24) is 4.57 Å². The number of aromatic nitrogens is 1. The minimum atomic E-state index is -0.588. The number of ether oxygens (including phenoxy) is 2. The average molecular weight is 359 g/mol. The highest BCUT2D eigenvalue weighted by Crippen LogP contribution is 2.35. The normalized spacial score (nSPS) is 12.0. The maximum absolute atomic E-state index is 12.0. The fraction of sp³-hybridized carbons (Fsp3) is 0.450. The number of hydrogen-bond acceptors (Lipinski definition) is 4. The lowest BCUT2D eigenvalue weighted by Gasteiger charge is -2.24. The van der Waals surface area contributed by atoms with Crippen molar-refractivity contribution in [1.29, 1.82) is 0 Å². The van der Waals surface area contributed by atoms with Gasteiger partial charge >= 0.3 is 6.09 Å². The molecule has 1 aromatic heterocycles. The molecule has 0 spiro atoms. The molecule has 1 amide bonds. The van der Waals surface area contributed by atoms with Crippen LogP contribution in [0.3, 0.4) is 0 Å². The van der Waals surface area contributed by atoms with E-state index >= 15 is 0 Å². The fourth-order valence-corrected chi connectivity index (χ4v) is 2.66. The van der Waals surface area contributed by atoms with E-state index in [1.165, 1.54) is 0 Å². The first-order chi connectivity index (χ1) is 11.9. The molecule has 3 N–H and O–H groups in total. The Morgan fingerprint density at radius 2 is 1.81 bits per heavy atom. The molecule has 0 aliphatic heterocycles. The summed E-state index contributed by atoms with van der Waals surface area (Å²) in [5.41, 5.74) is 8.37. The number of amides is 1. The van der Waals surface area contributed by atoms with Gasteiger partial charge in [0.15, 0.2) is 0 Å². The van der Waals surface area contributed by atoms with Crippen LogP contribution in [0.5, 0.6) is 5.75 Å². The van der Waals surface area contributed by atoms with Crippen LogP contribution in [0.2, 0.25) is 0 Å². The number of benzene rings is 1. The van der Waals surface area contributed by atoms with Crippen molar-refractivity contribution in [2.75, 3.05) is 18.2 Å². The number of hydrogen-bond donors (Lipinski definition) is 2. The first-order valence-corrected chi connectivity index (χ1v) is 8.58. The monoisotopic (exact) mass is 359 g/mol. The third-order valence-corrected chi connectivity index (χ3v) is 3.76. The zero-order chi connectivity index (χ0) is 19.7. The number of nitrogens with two attached hydrogens (primary N) is 1. The van der Waals surface area contributed by atoms with E-state index < -0.39 is 11.7 Å². The topological polar surface area (TPSA) is 78.5 Å². The number of carbonyl (C=O) groups excluding carboxylic acids is 1. The summed E-state index contributed by atoms with van der Waals surface area (Å²) < 4.78 is 12.9. The van der Waals surface area contributed by atoms with Gasteiger partial charge in [-0.25, -0.2) is 4.79 Å². The Kier molecular flexibility index (Phi) is 5.26. The Hall–Kier alpha value is -2.63. The van der Waals surface area contributed by atoms with Crippen LogP contribution in [0.15, 0.2) is 30.5 Å². The molecule has 0 saturated heterocycles. The van der Waals surface area contributed by atoms with Crippen LogP contribution >= 0.6 is 0 Å². The van der Waals surface area contributed by atoms with Crippen molar-refractivity contribution < 1.29 is 14.3 Å². The SMILES string of the molecule is COc1cc(NC(=O)OC(C)(C)C)c(N)cc1-n1cccc1C(C)(C)C. The minimum absolute atomic E-state index is 0.0449. The molecule has 0 bridgehead atoms. The van der Waals surface area contributed by atoms with E-state index in [9.17, 15) is 4.79 Å². The summed E-state index contributed by atoms with van der Waals surface area (Å²) in [4.78, 5) is 12.0. The maximum atomic E-state index is 12.0. The molecule has 142 valence electrons. The van der Waals surface area contributed by atoms with Crippen LogP contribution in [0.25, 0.3) is 5.69 Å². The van der Waals surface area contributed by atoms with E-state index in [0.717, 1.165) is 11.4 Å². The molecule has 0 unspecified atom stereocenters. The standard InChI is InChI=1S/C20H29N3O3/c1-19(2,3)17-9-8-10-23(17)15-11-13(21)14(12-16(15)25-7)22-18(24)26-20(4,5)6/h8-12H,21H2,1-7H3,(H,22,24). The highest BCUT2D eigenvalue weighted by molar-refractivity contribution is 5.90. The van der Waals surface area contributed by atoms with E-state index in [2.05, 4.69) is 32.2 Å². The number of anilines is 2. The Labute approximate surface area is 155 Å². The van der Waals surface area contributed by atoms with Gasteiger partial charge in [-0.3, -0.25) is 5.32 Å². The molecule has 0 atom stereocenters. The number of carbonyl (C=O) groups is 1. The summed E-state index contributed by atoms with van der Waals surface area (Å²) >= 11 is 0. The van der Waals surface area contributed by atoms with E-state index in [1.54, 1.807) is 40.0 Å². The van der Waals surface area contributed by atoms with E-state index in [4.69, 9.17) is 15.2 Å². The summed E-state index contributed by atoms with van der Waals surface area (Å²) in [5.74, 6) is 0.604. The van der Waals surface area contributed by atoms with Crippen LogP contribution in [-0.4, -0.2) is 23.4 Å². The van der Waals surface area contributed by atoms with Crippen LogP contribution in [0, 0.1) is 0 Å². The predicted octanol–water partition coefficient (Wildman–Crippen LogP) is 4.71. The number of nitrogens with zero attached hydrogens (tertiary/aromatic N) is 1. The van der Waals surface area contributed by atoms with Crippen LogP contribution in [0.1, 0.15) is 47.2 Å². The first kappa shape index (κ1) is 19.7. The van der Waals surface area contributed by atoms with Gasteiger partial charge in [-0.15, -0.1) is 0 Å². The van der Waals surface area contributed by atoms with Crippen molar-refractivity contribution in [3.8, 4) is 11.4 Å². The van der Waals surface area contributed by atoms with Gasteiger partial charge in [-0.1, -0.05) is 20.8 Å². The van der Waals surface area contributed by atoms with Crippen molar-refractivity contribution in [2.24, 2.45) is 0 Å². The predicted molar refractivity (Wildman–Crippen MR) is 105 cm³/mol. The summed E-state index contributed by atoms with van der Waals surface area (Å²) in [6.07, 6.45) is 1.41. The van der Waals surface area contributed by atoms with E-state index in [1.807, 2.05) is 16.8 Å². The third kappa shape index (κ3) is 4.50. The number of methoxy groups -OCH3 is 1. The van der Waals surface area contributed by atoms with Gasteiger partial charge < -0.3 is 19.8 Å². The van der Waals surface area contributed by atoms with Crippen LogP contribution < -0.4 is 15.8 Å². The van der Waals surface area contributed by atoms with Crippen molar-refractivity contribution >= 4 is 17.5 Å². The molecule has 0 aliphatic carbocycles. The van der Waals surface area contributed by atoms with Crippen molar-refractivity contribution in [3.05, 3.63) is 36.2 Å². The first-order valence-electron chi connectivity index (χ1n) is 8.58. The van der Waals surface area contributed by atoms with Gasteiger partial charge in [0.05, 0.1) is 24.2 Å². The second kappa shape index (κ2) is 6.94. The number of nitrogen functional groups attached to an aromatic ring is 1. The summed E-state index contributed by atoms with van der Waals surface area (Å²) in [7, 11) is 1.59. The molecular weight excluding hydrogens is 330 g/mol. The lowest BCUT2D eigenvalue weighted by atomic mass is 9.92. The molecule has 0 aliphatic rings. The Morgan fingerprint density at radius 1 is 1.15 bits per heavy atom. The zero-order valence-electron chi connectivity index (χ0n) is 16.6. The molecule has 26 heavy (non-hydrogen) atoms. The molecular formula is C20H29N3O3. The molecule has 0 radical (unpaired) electrons. The Morgan fingerprint density at radius 3 is 2.35 bits per heavy atom. The second-order valence-corrected chi connectivity index (χ2v) is 8.25. The number of rotatable bonds is 3. The molecule has 1 heterocycles. The van der Waals surface area contributed by atoms with Gasteiger partial charge in [-0.2, -0.15) is 0 Å². The summed E-state index contributed by atoms with van der Waals surface area (Å²) in [6.45, 7) is 11.9. The van der Waals surface area contributed by atoms with Gasteiger partial charge in [0.1, 0.15) is 11.4 Å². The quantitative estimate of drug-likeness (QED) is 0.778. The Balaban J connectivity index is 2.42. The molecule has 2 aromatic rings. The highest BCUT2D eigenvalue weighted by atomic mass is 16.6. The smallest absolute Gasteiger partial charge is 0.412 e. The molecule has 0 fully saturated rings.